The number of amides is 2. The van der Waals surface area contributed by atoms with Crippen LogP contribution in [0.1, 0.15) is 31.3 Å². The van der Waals surface area contributed by atoms with Gasteiger partial charge < -0.3 is 15.8 Å². The summed E-state index contributed by atoms with van der Waals surface area (Å²) in [6.07, 6.45) is 3.07. The average Bonchev–Trinajstić information content (AvgIpc) is 2.98. The number of rotatable bonds is 5. The first kappa shape index (κ1) is 19.9. The number of primary amides is 1. The molecule has 0 aliphatic heterocycles. The Balaban J connectivity index is 1.93. The number of nitrogens with zero attached hydrogens (tertiary/aromatic N) is 4. The van der Waals surface area contributed by atoms with Crippen molar-refractivity contribution in [3.05, 3.63) is 24.0 Å². The van der Waals surface area contributed by atoms with E-state index in [-0.39, 0.29) is 18.8 Å². The van der Waals surface area contributed by atoms with Crippen molar-refractivity contribution in [3.63, 3.8) is 0 Å². The van der Waals surface area contributed by atoms with Crippen molar-refractivity contribution in [2.24, 2.45) is 5.73 Å². The molecule has 0 bridgehead atoms. The zero-order valence-electron chi connectivity index (χ0n) is 16.1. The molecule has 0 aliphatic rings. The van der Waals surface area contributed by atoms with E-state index in [4.69, 9.17) is 10.5 Å². The van der Waals surface area contributed by atoms with Crippen molar-refractivity contribution < 1.29 is 14.3 Å². The Hall–Kier alpha value is -2.88. The zero-order valence-corrected chi connectivity index (χ0v) is 17.0. The number of nitrogens with two attached hydrogens (primary N) is 1. The Kier molecular flexibility index (Phi) is 5.41. The minimum absolute atomic E-state index is 0.228. The van der Waals surface area contributed by atoms with Crippen LogP contribution in [0.15, 0.2) is 23.5 Å². The van der Waals surface area contributed by atoms with Crippen LogP contribution in [0.25, 0.3) is 21.8 Å². The summed E-state index contributed by atoms with van der Waals surface area (Å²) < 4.78 is 6.70. The summed E-state index contributed by atoms with van der Waals surface area (Å²) >= 11 is 1.42. The SMILES string of the molecule is CSc1ncc2ccc3c(C(N)=O)n(CCNC(=O)OC(C)(C)C)nc3c2n1. The van der Waals surface area contributed by atoms with Gasteiger partial charge in [0.2, 0.25) is 0 Å². The monoisotopic (exact) mass is 402 g/mol. The van der Waals surface area contributed by atoms with Crippen LogP contribution >= 0.6 is 11.8 Å². The molecule has 0 aliphatic carbocycles. The van der Waals surface area contributed by atoms with Crippen LogP contribution in [0.5, 0.6) is 0 Å². The van der Waals surface area contributed by atoms with Gasteiger partial charge in [-0.2, -0.15) is 5.10 Å². The molecular formula is C18H22N6O3S. The largest absolute Gasteiger partial charge is 0.444 e. The van der Waals surface area contributed by atoms with E-state index in [1.165, 1.54) is 16.4 Å². The quantitative estimate of drug-likeness (QED) is 0.495. The van der Waals surface area contributed by atoms with Gasteiger partial charge in [-0.1, -0.05) is 17.8 Å². The molecule has 0 radical (unpaired) electrons. The number of ether oxygens (including phenoxy) is 1. The molecule has 9 nitrogen and oxygen atoms in total. The zero-order chi connectivity index (χ0) is 20.5. The van der Waals surface area contributed by atoms with Crippen molar-refractivity contribution >= 4 is 45.6 Å². The number of hydrogen-bond donors (Lipinski definition) is 2. The minimum Gasteiger partial charge on any atom is -0.444 e. The highest BCUT2D eigenvalue weighted by Crippen LogP contribution is 2.26. The van der Waals surface area contributed by atoms with Crippen molar-refractivity contribution in [1.82, 2.24) is 25.1 Å². The number of fused-ring (bicyclic) bond motifs is 3. The summed E-state index contributed by atoms with van der Waals surface area (Å²) in [6, 6.07) is 3.61. The van der Waals surface area contributed by atoms with E-state index < -0.39 is 17.6 Å². The lowest BCUT2D eigenvalue weighted by Gasteiger charge is -2.19. The number of thioether (sulfide) groups is 1. The van der Waals surface area contributed by atoms with Crippen molar-refractivity contribution in [2.45, 2.75) is 38.1 Å². The molecule has 3 N–H and O–H groups in total. The van der Waals surface area contributed by atoms with Crippen LogP contribution in [0.2, 0.25) is 0 Å². The molecule has 0 spiro atoms. The first-order valence-electron chi connectivity index (χ1n) is 8.66. The fourth-order valence-corrected chi connectivity index (χ4v) is 3.11. The lowest BCUT2D eigenvalue weighted by molar-refractivity contribution is 0.0525. The molecule has 10 heteroatoms. The standard InChI is InChI=1S/C18H22N6O3S/c1-18(2,3)27-17(26)20-7-8-24-14(15(19)25)11-6-5-10-9-21-16(28-4)22-12(10)13(11)23-24/h5-6,9H,7-8H2,1-4H3,(H2,19,25)(H,20,26). The maximum atomic E-state index is 12.1. The lowest BCUT2D eigenvalue weighted by atomic mass is 10.1. The van der Waals surface area contributed by atoms with Crippen LogP contribution in [-0.2, 0) is 11.3 Å². The first-order chi connectivity index (χ1) is 13.2. The number of nitrogens with one attached hydrogen (secondary N) is 1. The highest BCUT2D eigenvalue weighted by molar-refractivity contribution is 7.98. The second kappa shape index (κ2) is 7.63. The number of carbonyl (C=O) groups is 2. The molecule has 3 rings (SSSR count). The third kappa shape index (κ3) is 4.16. The summed E-state index contributed by atoms with van der Waals surface area (Å²) in [5.74, 6) is -0.599. The number of aromatic nitrogens is 4. The van der Waals surface area contributed by atoms with Gasteiger partial charge in [-0.05, 0) is 33.1 Å². The summed E-state index contributed by atoms with van der Waals surface area (Å²) in [7, 11) is 0. The normalized spacial score (nSPS) is 11.7. The lowest BCUT2D eigenvalue weighted by Crippen LogP contribution is -2.34. The molecule has 2 heterocycles. The van der Waals surface area contributed by atoms with E-state index >= 15 is 0 Å². The third-order valence-electron chi connectivity index (χ3n) is 3.85. The van der Waals surface area contributed by atoms with Crippen molar-refractivity contribution in [1.29, 1.82) is 0 Å². The molecule has 2 amide bonds. The van der Waals surface area contributed by atoms with Gasteiger partial charge in [0, 0.05) is 23.5 Å². The van der Waals surface area contributed by atoms with Gasteiger partial charge in [-0.3, -0.25) is 9.48 Å². The smallest absolute Gasteiger partial charge is 0.407 e. The highest BCUT2D eigenvalue weighted by atomic mass is 32.2. The molecule has 0 atom stereocenters. The summed E-state index contributed by atoms with van der Waals surface area (Å²) in [4.78, 5) is 32.6. The molecule has 148 valence electrons. The Bertz CT molecular complexity index is 1060. The van der Waals surface area contributed by atoms with Crippen LogP contribution in [0.4, 0.5) is 4.79 Å². The Labute approximate surface area is 166 Å². The van der Waals surface area contributed by atoms with Gasteiger partial charge in [0.05, 0.1) is 6.54 Å². The molecular weight excluding hydrogens is 380 g/mol. The van der Waals surface area contributed by atoms with Crippen molar-refractivity contribution in [2.75, 3.05) is 12.8 Å². The van der Waals surface area contributed by atoms with E-state index in [2.05, 4.69) is 20.4 Å². The van der Waals surface area contributed by atoms with Gasteiger partial charge >= 0.3 is 6.09 Å². The molecule has 0 saturated heterocycles. The maximum Gasteiger partial charge on any atom is 0.407 e. The number of alkyl carbamates (subject to hydrolysis) is 1. The number of benzene rings is 1. The topological polar surface area (TPSA) is 125 Å². The van der Waals surface area contributed by atoms with E-state index in [9.17, 15) is 9.59 Å². The predicted molar refractivity (Wildman–Crippen MR) is 107 cm³/mol. The fourth-order valence-electron chi connectivity index (χ4n) is 2.77. The van der Waals surface area contributed by atoms with Gasteiger partial charge in [0.25, 0.3) is 5.91 Å². The Morgan fingerprint density at radius 3 is 2.68 bits per heavy atom. The van der Waals surface area contributed by atoms with Gasteiger partial charge in [0.15, 0.2) is 5.16 Å². The van der Waals surface area contributed by atoms with E-state index in [0.29, 0.717) is 21.6 Å². The van der Waals surface area contributed by atoms with E-state index in [1.807, 2.05) is 12.3 Å². The molecule has 28 heavy (non-hydrogen) atoms. The van der Waals surface area contributed by atoms with Gasteiger partial charge in [0.1, 0.15) is 22.3 Å². The number of carbonyl (C=O) groups excluding carboxylic acids is 2. The Morgan fingerprint density at radius 2 is 2.04 bits per heavy atom. The molecule has 3 aromatic rings. The second-order valence-corrected chi connectivity index (χ2v) is 7.89. The maximum absolute atomic E-state index is 12.1. The second-order valence-electron chi connectivity index (χ2n) is 7.12. The minimum atomic E-state index is -0.599. The molecule has 0 saturated carbocycles. The van der Waals surface area contributed by atoms with Crippen LogP contribution in [0.3, 0.4) is 0 Å². The third-order valence-corrected chi connectivity index (χ3v) is 4.41. The molecule has 0 unspecified atom stereocenters. The molecule has 0 fully saturated rings. The van der Waals surface area contributed by atoms with Crippen LogP contribution < -0.4 is 11.1 Å². The number of hydrogen-bond acceptors (Lipinski definition) is 7. The fraction of sp³-hybridized carbons (Fsp3) is 0.389. The average molecular weight is 402 g/mol. The summed E-state index contributed by atoms with van der Waals surface area (Å²) in [6.45, 7) is 5.84. The molecule has 1 aromatic carbocycles. The van der Waals surface area contributed by atoms with Crippen LogP contribution in [0, 0.1) is 0 Å². The summed E-state index contributed by atoms with van der Waals surface area (Å²) in [5, 5.41) is 9.23. The van der Waals surface area contributed by atoms with Crippen LogP contribution in [-0.4, -0.2) is 50.2 Å². The van der Waals surface area contributed by atoms with Crippen molar-refractivity contribution in [3.8, 4) is 0 Å². The van der Waals surface area contributed by atoms with Gasteiger partial charge in [-0.25, -0.2) is 14.8 Å². The Morgan fingerprint density at radius 1 is 1.29 bits per heavy atom. The first-order valence-corrected chi connectivity index (χ1v) is 9.89. The summed E-state index contributed by atoms with van der Waals surface area (Å²) in [5.41, 5.74) is 6.50. The molecule has 2 aromatic heterocycles. The van der Waals surface area contributed by atoms with E-state index in [1.54, 1.807) is 33.0 Å². The van der Waals surface area contributed by atoms with E-state index in [0.717, 1.165) is 5.39 Å². The predicted octanol–water partition coefficient (Wildman–Crippen LogP) is 2.33. The highest BCUT2D eigenvalue weighted by Gasteiger charge is 2.20. The van der Waals surface area contributed by atoms with Gasteiger partial charge in [-0.15, -0.1) is 0 Å².